The van der Waals surface area contributed by atoms with Crippen LogP contribution < -0.4 is 16.0 Å². The topological polar surface area (TPSA) is 81.4 Å². The number of hydrogen-bond donors (Lipinski definition) is 2. The zero-order chi connectivity index (χ0) is 16.7. The zero-order valence-electron chi connectivity index (χ0n) is 12.7. The normalized spacial score (nSPS) is 11.1. The van der Waals surface area contributed by atoms with Crippen molar-refractivity contribution in [3.05, 3.63) is 57.8 Å². The molecule has 120 valence electrons. The van der Waals surface area contributed by atoms with Crippen LogP contribution in [0.4, 0.5) is 0 Å². The molecule has 0 bridgehead atoms. The first-order valence-electron chi connectivity index (χ1n) is 7.06. The Labute approximate surface area is 138 Å². The van der Waals surface area contributed by atoms with Gasteiger partial charge >= 0.3 is 0 Å². The van der Waals surface area contributed by atoms with E-state index >= 15 is 0 Å². The molecule has 2 aromatic rings. The number of amides is 1. The second-order valence-corrected chi connectivity index (χ2v) is 5.76. The molecule has 6 heteroatoms. The molecule has 0 aliphatic rings. The number of ketones is 1. The largest absolute Gasteiger partial charge is 0.497 e. The molecule has 23 heavy (non-hydrogen) atoms. The van der Waals surface area contributed by atoms with Crippen molar-refractivity contribution >= 4 is 29.1 Å². The molecular weight excluding hydrogens is 312 g/mol. The molecule has 0 atom stereocenters. The first-order valence-corrected chi connectivity index (χ1v) is 7.94. The van der Waals surface area contributed by atoms with E-state index in [9.17, 15) is 9.59 Å². The molecule has 0 saturated heterocycles. The fourth-order valence-electron chi connectivity index (χ4n) is 2.05. The fourth-order valence-corrected chi connectivity index (χ4v) is 2.75. The number of nitrogens with one attached hydrogen (secondary N) is 1. The van der Waals surface area contributed by atoms with Crippen molar-refractivity contribution in [1.82, 2.24) is 5.43 Å². The minimum atomic E-state index is -0.389. The molecule has 2 rings (SSSR count). The van der Waals surface area contributed by atoms with Crippen LogP contribution in [0.3, 0.4) is 0 Å². The second-order valence-electron chi connectivity index (χ2n) is 4.82. The Morgan fingerprint density at radius 3 is 2.52 bits per heavy atom. The minimum Gasteiger partial charge on any atom is -0.497 e. The van der Waals surface area contributed by atoms with Crippen LogP contribution in [0.15, 0.2) is 47.4 Å². The average molecular weight is 330 g/mol. The van der Waals surface area contributed by atoms with Crippen LogP contribution >= 0.6 is 11.3 Å². The number of carbonyl (C=O) groups excluding carboxylic acids is 2. The van der Waals surface area contributed by atoms with Crippen molar-refractivity contribution in [1.29, 1.82) is 0 Å². The van der Waals surface area contributed by atoms with Crippen LogP contribution in [-0.2, 0) is 4.79 Å². The quantitative estimate of drug-likeness (QED) is 0.269. The number of benzene rings is 1. The van der Waals surface area contributed by atoms with Crippen molar-refractivity contribution in [3.63, 3.8) is 0 Å². The Hall–Kier alpha value is -2.44. The fraction of sp³-hybridized carbons (Fsp3) is 0.176. The maximum Gasteiger partial charge on any atom is 0.261 e. The lowest BCUT2D eigenvalue weighted by Crippen LogP contribution is -2.31. The number of thiophene rings is 1. The van der Waals surface area contributed by atoms with Crippen LogP contribution in [0.2, 0.25) is 0 Å². The van der Waals surface area contributed by atoms with E-state index in [0.717, 1.165) is 11.3 Å². The molecule has 5 nitrogen and oxygen atoms in total. The summed E-state index contributed by atoms with van der Waals surface area (Å²) in [4.78, 5) is 24.7. The molecular formula is C17H18N2O3S. The first-order chi connectivity index (χ1) is 11.1. The Morgan fingerprint density at radius 2 is 1.96 bits per heavy atom. The third-order valence-electron chi connectivity index (χ3n) is 3.30. The van der Waals surface area contributed by atoms with E-state index in [2.05, 4.69) is 5.43 Å². The molecule has 1 aromatic heterocycles. The summed E-state index contributed by atoms with van der Waals surface area (Å²) in [6.45, 7) is 0. The zero-order valence-corrected chi connectivity index (χ0v) is 13.6. The minimum absolute atomic E-state index is 0.0189. The van der Waals surface area contributed by atoms with Gasteiger partial charge in [0.25, 0.3) is 5.91 Å². The van der Waals surface area contributed by atoms with Gasteiger partial charge in [0.15, 0.2) is 5.78 Å². The summed E-state index contributed by atoms with van der Waals surface area (Å²) in [6, 6.07) is 10.9. The van der Waals surface area contributed by atoms with Gasteiger partial charge in [0.2, 0.25) is 0 Å². The number of nitrogens with two attached hydrogens (primary N) is 1. The van der Waals surface area contributed by atoms with E-state index in [-0.39, 0.29) is 18.1 Å². The van der Waals surface area contributed by atoms with Gasteiger partial charge in [-0.1, -0.05) is 18.2 Å². The van der Waals surface area contributed by atoms with Gasteiger partial charge < -0.3 is 4.74 Å². The van der Waals surface area contributed by atoms with E-state index in [4.69, 9.17) is 10.6 Å². The number of carbonyl (C=O) groups is 2. The molecule has 1 heterocycles. The highest BCUT2D eigenvalue weighted by molar-refractivity contribution is 7.12. The molecule has 3 N–H and O–H groups in total. The second kappa shape index (κ2) is 8.26. The Bertz CT molecular complexity index is 691. The third kappa shape index (κ3) is 4.77. The SMILES string of the molecule is COc1ccc(C=C(CCC(=O)c2cccs2)C(=O)NN)cc1. The van der Waals surface area contributed by atoms with Crippen molar-refractivity contribution in [2.45, 2.75) is 12.8 Å². The van der Waals surface area contributed by atoms with Crippen LogP contribution in [-0.4, -0.2) is 18.8 Å². The van der Waals surface area contributed by atoms with Gasteiger partial charge in [0, 0.05) is 12.0 Å². The Balaban J connectivity index is 2.11. The maximum atomic E-state index is 12.1. The summed E-state index contributed by atoms with van der Waals surface area (Å²) in [5.41, 5.74) is 3.43. The van der Waals surface area contributed by atoms with E-state index in [0.29, 0.717) is 16.9 Å². The van der Waals surface area contributed by atoms with Gasteiger partial charge in [-0.15, -0.1) is 11.3 Å². The van der Waals surface area contributed by atoms with Crippen molar-refractivity contribution in [3.8, 4) is 5.75 Å². The van der Waals surface area contributed by atoms with Gasteiger partial charge in [-0.05, 0) is 41.6 Å². The summed E-state index contributed by atoms with van der Waals surface area (Å²) in [6.07, 6.45) is 2.31. The summed E-state index contributed by atoms with van der Waals surface area (Å²) >= 11 is 1.40. The molecule has 1 aromatic carbocycles. The van der Waals surface area contributed by atoms with Gasteiger partial charge in [-0.25, -0.2) is 5.84 Å². The number of hydrazine groups is 1. The lowest BCUT2D eigenvalue weighted by atomic mass is 10.0. The van der Waals surface area contributed by atoms with Crippen molar-refractivity contribution < 1.29 is 14.3 Å². The van der Waals surface area contributed by atoms with E-state index < -0.39 is 0 Å². The van der Waals surface area contributed by atoms with Crippen LogP contribution in [0.1, 0.15) is 28.1 Å². The Kier molecular flexibility index (Phi) is 6.08. The highest BCUT2D eigenvalue weighted by Gasteiger charge is 2.13. The lowest BCUT2D eigenvalue weighted by molar-refractivity contribution is -0.117. The lowest BCUT2D eigenvalue weighted by Gasteiger charge is -2.06. The molecule has 0 spiro atoms. The van der Waals surface area contributed by atoms with Crippen molar-refractivity contribution in [2.75, 3.05) is 7.11 Å². The van der Waals surface area contributed by atoms with Crippen molar-refractivity contribution in [2.24, 2.45) is 5.84 Å². The predicted molar refractivity (Wildman–Crippen MR) is 91.2 cm³/mol. The van der Waals surface area contributed by atoms with Gasteiger partial charge in [0.1, 0.15) is 5.75 Å². The summed E-state index contributed by atoms with van der Waals surface area (Å²) in [5, 5.41) is 1.86. The van der Waals surface area contributed by atoms with E-state index in [1.54, 1.807) is 31.4 Å². The first kappa shape index (κ1) is 16.9. The van der Waals surface area contributed by atoms with E-state index in [1.165, 1.54) is 11.3 Å². The number of ether oxygens (including phenoxy) is 1. The Morgan fingerprint density at radius 1 is 1.22 bits per heavy atom. The number of rotatable bonds is 7. The number of hydrogen-bond acceptors (Lipinski definition) is 5. The molecule has 0 unspecified atom stereocenters. The summed E-state index contributed by atoms with van der Waals surface area (Å²) in [7, 11) is 1.59. The predicted octanol–water partition coefficient (Wildman–Crippen LogP) is 2.79. The average Bonchev–Trinajstić information content (AvgIpc) is 3.12. The molecule has 1 amide bonds. The van der Waals surface area contributed by atoms with Gasteiger partial charge in [-0.3, -0.25) is 15.0 Å². The maximum absolute atomic E-state index is 12.1. The standard InChI is InChI=1S/C17H18N2O3S/c1-22-14-7-4-12(5-8-14)11-13(17(21)19-18)6-9-15(20)16-3-2-10-23-16/h2-5,7-8,10-11H,6,9,18H2,1H3,(H,19,21). The molecule has 0 aliphatic heterocycles. The van der Waals surface area contributed by atoms with Crippen LogP contribution in [0.5, 0.6) is 5.75 Å². The molecule has 0 aliphatic carbocycles. The van der Waals surface area contributed by atoms with Gasteiger partial charge in [0.05, 0.1) is 12.0 Å². The highest BCUT2D eigenvalue weighted by Crippen LogP contribution is 2.18. The van der Waals surface area contributed by atoms with Crippen LogP contribution in [0.25, 0.3) is 6.08 Å². The monoisotopic (exact) mass is 330 g/mol. The highest BCUT2D eigenvalue weighted by atomic mass is 32.1. The molecule has 0 saturated carbocycles. The van der Waals surface area contributed by atoms with Gasteiger partial charge in [-0.2, -0.15) is 0 Å². The molecule has 0 radical (unpaired) electrons. The third-order valence-corrected chi connectivity index (χ3v) is 4.21. The number of Topliss-reactive ketones (excluding diaryl/α,β-unsaturated/α-hetero) is 1. The number of methoxy groups -OCH3 is 1. The van der Waals surface area contributed by atoms with Crippen LogP contribution in [0, 0.1) is 0 Å². The molecule has 0 fully saturated rings. The van der Waals surface area contributed by atoms with E-state index in [1.807, 2.05) is 23.6 Å². The smallest absolute Gasteiger partial charge is 0.261 e. The summed E-state index contributed by atoms with van der Waals surface area (Å²) in [5.74, 6) is 5.60. The summed E-state index contributed by atoms with van der Waals surface area (Å²) < 4.78 is 5.10.